The molecule has 20 heavy (non-hydrogen) atoms. The van der Waals surface area contributed by atoms with Crippen molar-refractivity contribution in [2.75, 3.05) is 6.61 Å². The highest BCUT2D eigenvalue weighted by molar-refractivity contribution is 6.30. The van der Waals surface area contributed by atoms with Gasteiger partial charge in [-0.05, 0) is 35.7 Å². The Labute approximate surface area is 124 Å². The molecule has 1 aliphatic heterocycles. The van der Waals surface area contributed by atoms with Gasteiger partial charge in [0.05, 0.1) is 6.61 Å². The van der Waals surface area contributed by atoms with Crippen molar-refractivity contribution in [1.29, 1.82) is 0 Å². The molecule has 0 fully saturated rings. The van der Waals surface area contributed by atoms with Gasteiger partial charge in [0.2, 0.25) is 0 Å². The third kappa shape index (κ3) is 2.82. The van der Waals surface area contributed by atoms with Gasteiger partial charge in [-0.3, -0.25) is 0 Å². The van der Waals surface area contributed by atoms with Gasteiger partial charge in [0.1, 0.15) is 5.75 Å². The number of hydrogen-bond acceptors (Lipinski definition) is 2. The summed E-state index contributed by atoms with van der Waals surface area (Å²) in [6, 6.07) is 12.4. The largest absolute Gasteiger partial charge is 0.493 e. The SMILES string of the molecule is Cc1ccccc1CNCc1cc(Cl)cc2c1OCC2. The minimum absolute atomic E-state index is 0.764. The molecular weight excluding hydrogens is 270 g/mol. The summed E-state index contributed by atoms with van der Waals surface area (Å²) in [6.45, 7) is 4.53. The van der Waals surface area contributed by atoms with E-state index in [1.807, 2.05) is 12.1 Å². The number of halogens is 1. The lowest BCUT2D eigenvalue weighted by atomic mass is 10.1. The van der Waals surface area contributed by atoms with Gasteiger partial charge in [-0.25, -0.2) is 0 Å². The van der Waals surface area contributed by atoms with Gasteiger partial charge in [-0.1, -0.05) is 35.9 Å². The second-order valence-corrected chi connectivity index (χ2v) is 5.62. The van der Waals surface area contributed by atoms with Crippen molar-refractivity contribution >= 4 is 11.6 Å². The summed E-state index contributed by atoms with van der Waals surface area (Å²) in [7, 11) is 0. The predicted octanol–water partition coefficient (Wildman–Crippen LogP) is 3.87. The van der Waals surface area contributed by atoms with E-state index in [4.69, 9.17) is 16.3 Å². The third-order valence-corrected chi connectivity index (χ3v) is 3.94. The van der Waals surface area contributed by atoms with E-state index >= 15 is 0 Å². The van der Waals surface area contributed by atoms with Crippen LogP contribution in [-0.2, 0) is 19.5 Å². The number of ether oxygens (including phenoxy) is 1. The fraction of sp³-hybridized carbons (Fsp3) is 0.294. The number of aryl methyl sites for hydroxylation is 1. The number of nitrogens with one attached hydrogen (secondary N) is 1. The number of fused-ring (bicyclic) bond motifs is 1. The second kappa shape index (κ2) is 5.86. The molecule has 0 saturated heterocycles. The molecule has 104 valence electrons. The molecule has 0 aliphatic carbocycles. The van der Waals surface area contributed by atoms with Gasteiger partial charge in [-0.2, -0.15) is 0 Å². The van der Waals surface area contributed by atoms with Gasteiger partial charge in [-0.15, -0.1) is 0 Å². The molecule has 0 atom stereocenters. The van der Waals surface area contributed by atoms with Crippen LogP contribution in [0.15, 0.2) is 36.4 Å². The minimum atomic E-state index is 0.764. The van der Waals surface area contributed by atoms with Crippen molar-refractivity contribution in [3.05, 3.63) is 63.7 Å². The smallest absolute Gasteiger partial charge is 0.127 e. The van der Waals surface area contributed by atoms with Crippen LogP contribution in [0.25, 0.3) is 0 Å². The fourth-order valence-electron chi connectivity index (χ4n) is 2.62. The van der Waals surface area contributed by atoms with E-state index in [9.17, 15) is 0 Å². The van der Waals surface area contributed by atoms with E-state index in [1.54, 1.807) is 0 Å². The molecule has 0 radical (unpaired) electrons. The van der Waals surface area contributed by atoms with Crippen LogP contribution in [0, 0.1) is 6.92 Å². The number of hydrogen-bond donors (Lipinski definition) is 1. The highest BCUT2D eigenvalue weighted by Gasteiger charge is 2.17. The summed E-state index contributed by atoms with van der Waals surface area (Å²) >= 11 is 6.17. The Morgan fingerprint density at radius 1 is 1.15 bits per heavy atom. The van der Waals surface area contributed by atoms with E-state index in [-0.39, 0.29) is 0 Å². The van der Waals surface area contributed by atoms with Crippen LogP contribution >= 0.6 is 11.6 Å². The fourth-order valence-corrected chi connectivity index (χ4v) is 2.88. The van der Waals surface area contributed by atoms with Gasteiger partial charge in [0.25, 0.3) is 0 Å². The molecule has 3 rings (SSSR count). The Bertz CT molecular complexity index is 624. The molecule has 0 unspecified atom stereocenters. The first-order chi connectivity index (χ1) is 9.74. The van der Waals surface area contributed by atoms with Crippen LogP contribution in [0.3, 0.4) is 0 Å². The Balaban J connectivity index is 1.69. The molecule has 3 heteroatoms. The van der Waals surface area contributed by atoms with Crippen LogP contribution in [0.4, 0.5) is 0 Å². The van der Waals surface area contributed by atoms with Crippen LogP contribution in [0.1, 0.15) is 22.3 Å². The van der Waals surface area contributed by atoms with Gasteiger partial charge < -0.3 is 10.1 Å². The Morgan fingerprint density at radius 3 is 2.80 bits per heavy atom. The Kier molecular flexibility index (Phi) is 3.95. The van der Waals surface area contributed by atoms with Crippen molar-refractivity contribution < 1.29 is 4.74 Å². The summed E-state index contributed by atoms with van der Waals surface area (Å²) in [6.07, 6.45) is 0.959. The molecule has 1 heterocycles. The maximum atomic E-state index is 6.17. The zero-order valence-electron chi connectivity index (χ0n) is 11.6. The normalized spacial score (nSPS) is 13.1. The first kappa shape index (κ1) is 13.5. The number of rotatable bonds is 4. The summed E-state index contributed by atoms with van der Waals surface area (Å²) in [5, 5.41) is 4.27. The highest BCUT2D eigenvalue weighted by atomic mass is 35.5. The lowest BCUT2D eigenvalue weighted by Crippen LogP contribution is -2.14. The van der Waals surface area contributed by atoms with Crippen molar-refractivity contribution in [3.63, 3.8) is 0 Å². The van der Waals surface area contributed by atoms with Gasteiger partial charge in [0.15, 0.2) is 0 Å². The van der Waals surface area contributed by atoms with Crippen molar-refractivity contribution in [2.24, 2.45) is 0 Å². The lowest BCUT2D eigenvalue weighted by molar-refractivity contribution is 0.352. The number of benzene rings is 2. The first-order valence-corrected chi connectivity index (χ1v) is 7.31. The Morgan fingerprint density at radius 2 is 1.95 bits per heavy atom. The molecule has 2 nitrogen and oxygen atoms in total. The average molecular weight is 288 g/mol. The van der Waals surface area contributed by atoms with Crippen molar-refractivity contribution in [2.45, 2.75) is 26.4 Å². The first-order valence-electron chi connectivity index (χ1n) is 6.93. The van der Waals surface area contributed by atoms with Gasteiger partial charge >= 0.3 is 0 Å². The summed E-state index contributed by atoms with van der Waals surface area (Å²) in [4.78, 5) is 0. The van der Waals surface area contributed by atoms with Crippen molar-refractivity contribution in [3.8, 4) is 5.75 Å². The monoisotopic (exact) mass is 287 g/mol. The summed E-state index contributed by atoms with van der Waals surface area (Å²) < 4.78 is 5.71. The predicted molar refractivity (Wildman–Crippen MR) is 82.4 cm³/mol. The summed E-state index contributed by atoms with van der Waals surface area (Å²) in [5.41, 5.74) is 5.02. The standard InChI is InChI=1S/C17H18ClNO/c1-12-4-2-3-5-14(12)10-19-11-15-9-16(18)8-13-6-7-20-17(13)15/h2-5,8-9,19H,6-7,10-11H2,1H3. The highest BCUT2D eigenvalue weighted by Crippen LogP contribution is 2.32. The maximum absolute atomic E-state index is 6.17. The molecule has 0 bridgehead atoms. The van der Waals surface area contributed by atoms with E-state index < -0.39 is 0 Å². The molecule has 2 aromatic carbocycles. The average Bonchev–Trinajstić information content (AvgIpc) is 2.89. The van der Waals surface area contributed by atoms with E-state index in [1.165, 1.54) is 16.7 Å². The van der Waals surface area contributed by atoms with Gasteiger partial charge in [0, 0.05) is 30.1 Å². The van der Waals surface area contributed by atoms with Crippen LogP contribution in [-0.4, -0.2) is 6.61 Å². The van der Waals surface area contributed by atoms with Crippen LogP contribution in [0.5, 0.6) is 5.75 Å². The topological polar surface area (TPSA) is 21.3 Å². The van der Waals surface area contributed by atoms with Crippen LogP contribution in [0.2, 0.25) is 5.02 Å². The zero-order valence-corrected chi connectivity index (χ0v) is 12.3. The molecule has 1 N–H and O–H groups in total. The maximum Gasteiger partial charge on any atom is 0.127 e. The van der Waals surface area contributed by atoms with Crippen molar-refractivity contribution in [1.82, 2.24) is 5.32 Å². The lowest BCUT2D eigenvalue weighted by Gasteiger charge is -2.11. The molecule has 0 aromatic heterocycles. The van der Waals surface area contributed by atoms with E-state index in [0.717, 1.165) is 42.5 Å². The molecule has 1 aliphatic rings. The molecule has 0 spiro atoms. The molecule has 2 aromatic rings. The second-order valence-electron chi connectivity index (χ2n) is 5.18. The summed E-state index contributed by atoms with van der Waals surface area (Å²) in [5.74, 6) is 1.02. The zero-order chi connectivity index (χ0) is 13.9. The molecular formula is C17H18ClNO. The minimum Gasteiger partial charge on any atom is -0.493 e. The Hall–Kier alpha value is -1.51. The van der Waals surface area contributed by atoms with E-state index in [2.05, 4.69) is 36.5 Å². The molecule has 0 saturated carbocycles. The quantitative estimate of drug-likeness (QED) is 0.922. The van der Waals surface area contributed by atoms with E-state index in [0.29, 0.717) is 0 Å². The third-order valence-electron chi connectivity index (χ3n) is 3.72. The molecule has 0 amide bonds. The van der Waals surface area contributed by atoms with Crippen LogP contribution < -0.4 is 10.1 Å².